The number of hydrogen-bond donors (Lipinski definition) is 0. The lowest BCUT2D eigenvalue weighted by atomic mass is 9.75. The van der Waals surface area contributed by atoms with E-state index in [1.807, 2.05) is 6.07 Å². The average Bonchev–Trinajstić information content (AvgIpc) is 1.53. The highest BCUT2D eigenvalue weighted by atomic mass is 15.0. The molecule has 0 bridgehead atoms. The molecule has 19 rings (SSSR count). The average molecular weight is 1230 g/mol. The van der Waals surface area contributed by atoms with Crippen LogP contribution in [0.3, 0.4) is 0 Å². The second-order valence-electron chi connectivity index (χ2n) is 27.3. The summed E-state index contributed by atoms with van der Waals surface area (Å²) >= 11 is 0. The summed E-state index contributed by atoms with van der Waals surface area (Å²) in [6.45, 7) is 13.9. The highest BCUT2D eigenvalue weighted by molar-refractivity contribution is 6.16. The van der Waals surface area contributed by atoms with Crippen molar-refractivity contribution in [2.45, 2.75) is 44.9 Å². The zero-order chi connectivity index (χ0) is 64.1. The number of benzene rings is 13. The first-order chi connectivity index (χ1) is 47.0. The topological polar surface area (TPSA) is 40.6 Å². The Kier molecular flexibility index (Phi) is 12.2. The second-order valence-corrected chi connectivity index (χ2v) is 27.3. The molecule has 4 heterocycles. The van der Waals surface area contributed by atoms with Gasteiger partial charge in [0, 0.05) is 76.7 Å². The van der Waals surface area contributed by atoms with Gasteiger partial charge in [-0.2, -0.15) is 0 Å². The molecule has 17 aromatic rings. The van der Waals surface area contributed by atoms with Crippen molar-refractivity contribution < 1.29 is 0 Å². The van der Waals surface area contributed by atoms with Crippen LogP contribution in [0.4, 0.5) is 0 Å². The van der Waals surface area contributed by atoms with Crippen LogP contribution < -0.4 is 0 Å². The van der Waals surface area contributed by atoms with Crippen LogP contribution in [0.1, 0.15) is 49.9 Å². The minimum atomic E-state index is -0.262. The molecule has 0 atom stereocenters. The Labute approximate surface area is 557 Å². The lowest BCUT2D eigenvalue weighted by molar-refractivity contribution is 0.634. The quantitative estimate of drug-likeness (QED) is 0.149. The van der Waals surface area contributed by atoms with E-state index in [0.29, 0.717) is 5.82 Å². The van der Waals surface area contributed by atoms with Gasteiger partial charge in [0.05, 0.1) is 44.3 Å². The minimum absolute atomic E-state index is 0.117. The summed E-state index contributed by atoms with van der Waals surface area (Å²) in [5.74, 6) is 0.696. The Morgan fingerprint density at radius 1 is 0.344 bits per heavy atom. The molecule has 5 nitrogen and oxygen atoms in total. The molecule has 0 fully saturated rings. The first-order valence-electron chi connectivity index (χ1n) is 33.4. The van der Waals surface area contributed by atoms with Gasteiger partial charge in [-0.25, -0.2) is 9.97 Å². The third kappa shape index (κ3) is 8.42. The Morgan fingerprint density at radius 3 is 1.59 bits per heavy atom. The predicted molar refractivity (Wildman–Crippen MR) is 404 cm³/mol. The Hall–Kier alpha value is -11.9. The van der Waals surface area contributed by atoms with Crippen molar-refractivity contribution in [1.29, 1.82) is 0 Å². The van der Waals surface area contributed by atoms with E-state index in [1.54, 1.807) is 0 Å². The maximum absolute atomic E-state index is 5.52. The Morgan fingerprint density at radius 2 is 0.885 bits per heavy atom. The van der Waals surface area contributed by atoms with Crippen molar-refractivity contribution >= 4 is 87.1 Å². The number of aromatic nitrogens is 5. The number of fused-ring (bicyclic) bond motifs is 16. The van der Waals surface area contributed by atoms with E-state index < -0.39 is 0 Å². The fourth-order valence-electron chi connectivity index (χ4n) is 16.3. The van der Waals surface area contributed by atoms with E-state index >= 15 is 0 Å². The fourth-order valence-corrected chi connectivity index (χ4v) is 16.3. The molecule has 454 valence electrons. The molecule has 0 spiro atoms. The molecule has 0 radical (unpaired) electrons. The normalized spacial score (nSPS) is 14.8. The number of allylic oxidation sites excluding steroid dienone is 5. The highest BCUT2D eigenvalue weighted by Crippen LogP contribution is 2.50. The Bertz CT molecular complexity index is 6260. The maximum Gasteiger partial charge on any atom is 0.160 e. The number of nitrogens with zero attached hydrogens (tertiary/aromatic N) is 5. The van der Waals surface area contributed by atoms with Gasteiger partial charge in [-0.1, -0.05) is 241 Å². The van der Waals surface area contributed by atoms with Gasteiger partial charge >= 0.3 is 0 Å². The third-order valence-electron chi connectivity index (χ3n) is 21.3. The van der Waals surface area contributed by atoms with E-state index in [4.69, 9.17) is 9.97 Å². The molecule has 0 unspecified atom stereocenters. The molecular formula is C91H65N5. The van der Waals surface area contributed by atoms with Crippen molar-refractivity contribution in [3.05, 3.63) is 332 Å². The molecule has 5 heteroatoms. The Balaban J connectivity index is 0.796. The molecule has 0 aliphatic heterocycles. The van der Waals surface area contributed by atoms with E-state index in [1.165, 1.54) is 93.5 Å². The van der Waals surface area contributed by atoms with Crippen molar-refractivity contribution in [3.8, 4) is 73.1 Å². The monoisotopic (exact) mass is 1230 g/mol. The van der Waals surface area contributed by atoms with Crippen molar-refractivity contribution in [1.82, 2.24) is 23.7 Å². The molecular weight excluding hydrogens is 1160 g/mol. The third-order valence-corrected chi connectivity index (χ3v) is 21.3. The van der Waals surface area contributed by atoms with E-state index in [9.17, 15) is 0 Å². The standard InChI is InChI=1S/C91H65N5/c1-56-21-8-6-9-23-58-35-41-66(54-78(58)90(56,2)3)94-81-33-18-15-30-71(81)75-50-60(39-47-83(75)94)62-36-43-73-74-44-37-63(61-40-48-84-76(51-61)72-31-16-19-34-82(72)95(84)67-42-45-70-69-29-14-17-32-77(69)91(4,5)79(70)55-67)53-86(74)96(85(73)52-62)65-27-20-26-64(49-65)88-87-68-28-13-12-22-57(68)38-46-80(87)92-89(93-88)59-24-10-7-11-25-59/h6-22,24-55H,1,23H2,2-5H3/b9-6-,21-8-. The van der Waals surface area contributed by atoms with Crippen LogP contribution in [0.15, 0.2) is 309 Å². The van der Waals surface area contributed by atoms with Crippen LogP contribution in [-0.4, -0.2) is 23.7 Å². The van der Waals surface area contributed by atoms with Crippen molar-refractivity contribution in [3.63, 3.8) is 0 Å². The summed E-state index contributed by atoms with van der Waals surface area (Å²) in [5, 5.41) is 10.5. The maximum atomic E-state index is 5.52. The van der Waals surface area contributed by atoms with Gasteiger partial charge in [-0.15, -0.1) is 0 Å². The SMILES string of the molecule is C=C1/C=C\C=C/Cc2ccc(-n3c4ccccc4c4cc(-c5ccc6c7ccc(-c8ccc9c(c8)c8ccccc8n9-c8ccc9c(c8)C(C)(C)c8ccccc8-9)cc7n(-c7cccc(-c8nc(-c9ccccc9)nc9ccc%10ccccc%10c89)c7)c6c5)ccc43)cc2C1(C)C. The van der Waals surface area contributed by atoms with Gasteiger partial charge in [0.2, 0.25) is 0 Å². The van der Waals surface area contributed by atoms with Gasteiger partial charge < -0.3 is 13.7 Å². The van der Waals surface area contributed by atoms with Gasteiger partial charge in [0.15, 0.2) is 5.82 Å². The first kappa shape index (κ1) is 55.7. The molecule has 0 N–H and O–H groups in total. The summed E-state index contributed by atoms with van der Waals surface area (Å²) in [7, 11) is 0. The van der Waals surface area contributed by atoms with Gasteiger partial charge in [0.1, 0.15) is 0 Å². The molecule has 4 aromatic heterocycles. The molecule has 13 aromatic carbocycles. The van der Waals surface area contributed by atoms with Crippen molar-refractivity contribution in [2.24, 2.45) is 0 Å². The number of rotatable bonds is 7. The van der Waals surface area contributed by atoms with Crippen LogP contribution in [0, 0.1) is 0 Å². The van der Waals surface area contributed by atoms with Gasteiger partial charge in [0.25, 0.3) is 0 Å². The zero-order valence-corrected chi connectivity index (χ0v) is 53.9. The summed E-state index contributed by atoms with van der Waals surface area (Å²) in [6, 6.07) is 101. The summed E-state index contributed by atoms with van der Waals surface area (Å²) in [5.41, 5.74) is 27.4. The van der Waals surface area contributed by atoms with Crippen LogP contribution in [-0.2, 0) is 17.3 Å². The lowest BCUT2D eigenvalue weighted by Gasteiger charge is -2.29. The van der Waals surface area contributed by atoms with Crippen LogP contribution in [0.2, 0.25) is 0 Å². The van der Waals surface area contributed by atoms with E-state index in [0.717, 1.165) is 95.2 Å². The zero-order valence-electron chi connectivity index (χ0n) is 53.9. The molecule has 96 heavy (non-hydrogen) atoms. The number of para-hydroxylation sites is 2. The first-order valence-corrected chi connectivity index (χ1v) is 33.4. The van der Waals surface area contributed by atoms with E-state index in [2.05, 4.69) is 339 Å². The molecule has 0 saturated carbocycles. The minimum Gasteiger partial charge on any atom is -0.309 e. The molecule has 2 aliphatic rings. The van der Waals surface area contributed by atoms with Gasteiger partial charge in [-0.05, 0) is 169 Å². The van der Waals surface area contributed by atoms with E-state index in [-0.39, 0.29) is 10.8 Å². The highest BCUT2D eigenvalue weighted by Gasteiger charge is 2.36. The molecule has 0 saturated heterocycles. The summed E-state index contributed by atoms with van der Waals surface area (Å²) < 4.78 is 7.41. The van der Waals surface area contributed by atoms with Gasteiger partial charge in [-0.3, -0.25) is 0 Å². The fraction of sp³-hybridized carbons (Fsp3) is 0.0769. The van der Waals surface area contributed by atoms with Crippen molar-refractivity contribution in [2.75, 3.05) is 0 Å². The van der Waals surface area contributed by atoms with Crippen LogP contribution >= 0.6 is 0 Å². The van der Waals surface area contributed by atoms with Crippen LogP contribution in [0.25, 0.3) is 160 Å². The summed E-state index contributed by atoms with van der Waals surface area (Å²) in [6.07, 6.45) is 9.54. The molecule has 0 amide bonds. The number of hydrogen-bond acceptors (Lipinski definition) is 2. The second kappa shape index (κ2) is 21.0. The molecule has 2 aliphatic carbocycles. The predicted octanol–water partition coefficient (Wildman–Crippen LogP) is 23.6. The smallest absolute Gasteiger partial charge is 0.160 e. The largest absolute Gasteiger partial charge is 0.309 e. The lowest BCUT2D eigenvalue weighted by Crippen LogP contribution is -2.21. The van der Waals surface area contributed by atoms with Crippen LogP contribution in [0.5, 0.6) is 0 Å². The summed E-state index contributed by atoms with van der Waals surface area (Å²) in [4.78, 5) is 10.8.